The largest absolute Gasteiger partial charge is 0.335 e. The van der Waals surface area contributed by atoms with Gasteiger partial charge in [0.05, 0.1) is 11.1 Å². The molecule has 0 bridgehead atoms. The van der Waals surface area contributed by atoms with E-state index in [-0.39, 0.29) is 11.8 Å². The van der Waals surface area contributed by atoms with Crippen LogP contribution in [0.2, 0.25) is 0 Å². The number of nitrogens with zero attached hydrogens (tertiary/aromatic N) is 4. The maximum absolute atomic E-state index is 12.3. The highest BCUT2D eigenvalue weighted by Gasteiger charge is 2.34. The standard InChI is InChI=1S/C19H17N5O2S/c20-24-16(13-7-2-1-3-8-13)21-22-19(24)27-12-6-11-23-17(25)14-9-4-5-10-15(14)18(23)26/h1-5,7-10H,6,11-12,20H2. The van der Waals surface area contributed by atoms with Crippen LogP contribution >= 0.6 is 11.8 Å². The van der Waals surface area contributed by atoms with Gasteiger partial charge in [0.25, 0.3) is 11.8 Å². The summed E-state index contributed by atoms with van der Waals surface area (Å²) in [6.45, 7) is 0.365. The monoisotopic (exact) mass is 379 g/mol. The van der Waals surface area contributed by atoms with Crippen molar-refractivity contribution in [1.82, 2.24) is 19.8 Å². The van der Waals surface area contributed by atoms with Crippen LogP contribution in [0.5, 0.6) is 0 Å². The molecule has 1 aliphatic rings. The third-order valence-electron chi connectivity index (χ3n) is 4.33. The Bertz CT molecular complexity index is 967. The predicted octanol–water partition coefficient (Wildman–Crippen LogP) is 2.44. The topological polar surface area (TPSA) is 94.1 Å². The molecule has 1 aliphatic heterocycles. The number of nitrogen functional groups attached to an aromatic ring is 1. The van der Waals surface area contributed by atoms with Crippen molar-refractivity contribution in [3.05, 3.63) is 65.7 Å². The Morgan fingerprint density at radius 3 is 2.19 bits per heavy atom. The van der Waals surface area contributed by atoms with Crippen molar-refractivity contribution >= 4 is 23.6 Å². The molecular weight excluding hydrogens is 362 g/mol. The molecule has 0 fully saturated rings. The minimum Gasteiger partial charge on any atom is -0.335 e. The van der Waals surface area contributed by atoms with Crippen LogP contribution in [-0.2, 0) is 0 Å². The van der Waals surface area contributed by atoms with E-state index in [0.29, 0.717) is 40.8 Å². The number of carbonyl (C=O) groups excluding carboxylic acids is 2. The first-order chi connectivity index (χ1) is 13.2. The lowest BCUT2D eigenvalue weighted by molar-refractivity contribution is 0.0655. The van der Waals surface area contributed by atoms with Crippen molar-refractivity contribution in [3.8, 4) is 11.4 Å². The lowest BCUT2D eigenvalue weighted by Crippen LogP contribution is -2.31. The molecule has 0 spiro atoms. The first-order valence-corrected chi connectivity index (χ1v) is 9.49. The number of fused-ring (bicyclic) bond motifs is 1. The highest BCUT2D eigenvalue weighted by Crippen LogP contribution is 2.24. The zero-order valence-electron chi connectivity index (χ0n) is 14.4. The Morgan fingerprint density at radius 2 is 1.52 bits per heavy atom. The van der Waals surface area contributed by atoms with Gasteiger partial charge in [0.1, 0.15) is 0 Å². The van der Waals surface area contributed by atoms with Gasteiger partial charge >= 0.3 is 0 Å². The Kier molecular flexibility index (Phi) is 4.64. The molecule has 136 valence electrons. The Balaban J connectivity index is 1.35. The van der Waals surface area contributed by atoms with E-state index in [9.17, 15) is 9.59 Å². The van der Waals surface area contributed by atoms with E-state index >= 15 is 0 Å². The summed E-state index contributed by atoms with van der Waals surface area (Å²) >= 11 is 1.45. The second kappa shape index (κ2) is 7.24. The van der Waals surface area contributed by atoms with Crippen molar-refractivity contribution in [3.63, 3.8) is 0 Å². The molecular formula is C19H17N5O2S. The highest BCUT2D eigenvalue weighted by atomic mass is 32.2. The molecule has 1 aromatic heterocycles. The minimum absolute atomic E-state index is 0.228. The number of aromatic nitrogens is 3. The fraction of sp³-hybridized carbons (Fsp3) is 0.158. The van der Waals surface area contributed by atoms with Crippen LogP contribution in [0.3, 0.4) is 0 Å². The van der Waals surface area contributed by atoms with Gasteiger partial charge < -0.3 is 5.84 Å². The summed E-state index contributed by atoms with van der Waals surface area (Å²) in [6.07, 6.45) is 0.643. The van der Waals surface area contributed by atoms with Gasteiger partial charge in [0.15, 0.2) is 5.82 Å². The zero-order chi connectivity index (χ0) is 18.8. The maximum atomic E-state index is 12.3. The second-order valence-corrected chi connectivity index (χ2v) is 7.11. The van der Waals surface area contributed by atoms with Crippen LogP contribution in [0.1, 0.15) is 27.1 Å². The van der Waals surface area contributed by atoms with Crippen molar-refractivity contribution in [2.75, 3.05) is 18.1 Å². The van der Waals surface area contributed by atoms with Crippen LogP contribution in [0.25, 0.3) is 11.4 Å². The summed E-state index contributed by atoms with van der Waals surface area (Å²) in [6, 6.07) is 16.5. The Morgan fingerprint density at radius 1 is 0.889 bits per heavy atom. The van der Waals surface area contributed by atoms with E-state index in [1.165, 1.54) is 21.3 Å². The molecule has 2 aromatic carbocycles. The summed E-state index contributed by atoms with van der Waals surface area (Å²) in [5.41, 5.74) is 1.85. The quantitative estimate of drug-likeness (QED) is 0.306. The SMILES string of the molecule is Nn1c(SCCCN2C(=O)c3ccccc3C2=O)nnc1-c1ccccc1. The fourth-order valence-corrected chi connectivity index (χ4v) is 3.77. The zero-order valence-corrected chi connectivity index (χ0v) is 15.2. The van der Waals surface area contributed by atoms with Gasteiger partial charge in [-0.25, -0.2) is 4.68 Å². The summed E-state index contributed by atoms with van der Waals surface area (Å²) < 4.78 is 1.46. The van der Waals surface area contributed by atoms with Crippen molar-refractivity contribution in [1.29, 1.82) is 0 Å². The molecule has 0 saturated heterocycles. The maximum Gasteiger partial charge on any atom is 0.261 e. The smallest absolute Gasteiger partial charge is 0.261 e. The van der Waals surface area contributed by atoms with E-state index in [0.717, 1.165) is 5.56 Å². The highest BCUT2D eigenvalue weighted by molar-refractivity contribution is 7.99. The molecule has 4 rings (SSSR count). The minimum atomic E-state index is -0.228. The van der Waals surface area contributed by atoms with E-state index in [4.69, 9.17) is 5.84 Å². The second-order valence-electron chi connectivity index (χ2n) is 6.05. The fourth-order valence-electron chi connectivity index (χ4n) is 2.99. The number of nitrogens with two attached hydrogens (primary N) is 1. The molecule has 2 heterocycles. The average molecular weight is 379 g/mol. The number of thioether (sulfide) groups is 1. The molecule has 2 amide bonds. The number of carbonyl (C=O) groups is 2. The molecule has 0 radical (unpaired) electrons. The summed E-state index contributed by atoms with van der Waals surface area (Å²) in [7, 11) is 0. The molecule has 0 saturated carbocycles. The molecule has 8 heteroatoms. The summed E-state index contributed by atoms with van der Waals surface area (Å²) in [5, 5.41) is 8.86. The third kappa shape index (κ3) is 3.19. The lowest BCUT2D eigenvalue weighted by atomic mass is 10.1. The van der Waals surface area contributed by atoms with Crippen LogP contribution in [0.15, 0.2) is 59.8 Å². The third-order valence-corrected chi connectivity index (χ3v) is 5.36. The number of hydrogen-bond acceptors (Lipinski definition) is 6. The molecule has 7 nitrogen and oxygen atoms in total. The molecule has 3 aromatic rings. The van der Waals surface area contributed by atoms with E-state index in [1.54, 1.807) is 24.3 Å². The van der Waals surface area contributed by atoms with Gasteiger partial charge in [-0.2, -0.15) is 0 Å². The van der Waals surface area contributed by atoms with Crippen molar-refractivity contribution in [2.45, 2.75) is 11.6 Å². The van der Waals surface area contributed by atoms with E-state index in [2.05, 4.69) is 10.2 Å². The molecule has 27 heavy (non-hydrogen) atoms. The number of rotatable bonds is 6. The molecule has 0 unspecified atom stereocenters. The van der Waals surface area contributed by atoms with Crippen molar-refractivity contribution < 1.29 is 9.59 Å². The van der Waals surface area contributed by atoms with Gasteiger partial charge in [-0.1, -0.05) is 54.2 Å². The van der Waals surface area contributed by atoms with Gasteiger partial charge in [-0.3, -0.25) is 14.5 Å². The van der Waals surface area contributed by atoms with Gasteiger partial charge in [0, 0.05) is 17.9 Å². The van der Waals surface area contributed by atoms with Crippen LogP contribution in [0.4, 0.5) is 0 Å². The van der Waals surface area contributed by atoms with Crippen LogP contribution in [0, 0.1) is 0 Å². The van der Waals surface area contributed by atoms with E-state index < -0.39 is 0 Å². The first kappa shape index (κ1) is 17.3. The number of benzene rings is 2. The Labute approximate surface area is 160 Å². The van der Waals surface area contributed by atoms with Crippen LogP contribution in [-0.4, -0.2) is 43.9 Å². The van der Waals surface area contributed by atoms with Crippen molar-refractivity contribution in [2.24, 2.45) is 0 Å². The molecule has 0 atom stereocenters. The first-order valence-electron chi connectivity index (χ1n) is 8.51. The average Bonchev–Trinajstić information content (AvgIpc) is 3.18. The van der Waals surface area contributed by atoms with Gasteiger partial charge in [-0.05, 0) is 18.6 Å². The summed E-state index contributed by atoms with van der Waals surface area (Å²) in [5.74, 6) is 6.90. The predicted molar refractivity (Wildman–Crippen MR) is 103 cm³/mol. The van der Waals surface area contributed by atoms with Crippen LogP contribution < -0.4 is 5.84 Å². The lowest BCUT2D eigenvalue weighted by Gasteiger charge is -2.13. The molecule has 2 N–H and O–H groups in total. The van der Waals surface area contributed by atoms with Gasteiger partial charge in [-0.15, -0.1) is 10.2 Å². The number of imide groups is 1. The van der Waals surface area contributed by atoms with Gasteiger partial charge in [0.2, 0.25) is 5.16 Å². The number of amides is 2. The Hall–Kier alpha value is -3.13. The number of hydrogen-bond donors (Lipinski definition) is 1. The summed E-state index contributed by atoms with van der Waals surface area (Å²) in [4.78, 5) is 26.0. The van der Waals surface area contributed by atoms with E-state index in [1.807, 2.05) is 30.3 Å². The normalized spacial score (nSPS) is 13.3. The molecule has 0 aliphatic carbocycles.